The highest BCUT2D eigenvalue weighted by Gasteiger charge is 2.40. The molecule has 0 amide bonds. The Morgan fingerprint density at radius 3 is 2.64 bits per heavy atom. The third-order valence-corrected chi connectivity index (χ3v) is 4.77. The minimum Gasteiger partial charge on any atom is -0.457 e. The number of carbonyl (C=O) groups is 1. The van der Waals surface area contributed by atoms with Gasteiger partial charge in [0, 0.05) is 13.1 Å². The van der Waals surface area contributed by atoms with E-state index in [9.17, 15) is 14.4 Å². The third kappa shape index (κ3) is 3.25. The summed E-state index contributed by atoms with van der Waals surface area (Å²) in [5.74, 6) is 0.616. The molecule has 0 saturated heterocycles. The Kier molecular flexibility index (Phi) is 4.78. The van der Waals surface area contributed by atoms with E-state index in [4.69, 9.17) is 4.74 Å². The van der Waals surface area contributed by atoms with Gasteiger partial charge < -0.3 is 9.30 Å². The first kappa shape index (κ1) is 17.4. The smallest absolute Gasteiger partial charge is 0.330 e. The van der Waals surface area contributed by atoms with Gasteiger partial charge in [0.25, 0.3) is 5.56 Å². The van der Waals surface area contributed by atoms with E-state index in [2.05, 4.69) is 9.97 Å². The van der Waals surface area contributed by atoms with Crippen LogP contribution in [0.2, 0.25) is 0 Å². The number of nitrogens with zero attached hydrogens (tertiary/aromatic N) is 3. The van der Waals surface area contributed by atoms with Crippen molar-refractivity contribution in [1.82, 2.24) is 19.1 Å². The van der Waals surface area contributed by atoms with Crippen molar-refractivity contribution in [3.63, 3.8) is 0 Å². The quantitative estimate of drug-likeness (QED) is 0.763. The number of fused-ring (bicyclic) bond motifs is 1. The topological polar surface area (TPSA) is 99.0 Å². The molecule has 3 rings (SSSR count). The molecule has 0 spiro atoms. The van der Waals surface area contributed by atoms with Crippen molar-refractivity contribution in [1.29, 1.82) is 0 Å². The van der Waals surface area contributed by atoms with Crippen molar-refractivity contribution in [3.8, 4) is 0 Å². The lowest BCUT2D eigenvalue weighted by Crippen LogP contribution is -2.31. The highest BCUT2D eigenvalue weighted by atomic mass is 16.5. The summed E-state index contributed by atoms with van der Waals surface area (Å²) in [6, 6.07) is 0. The molecular weight excluding hydrogens is 324 g/mol. The maximum absolute atomic E-state index is 12.3. The summed E-state index contributed by atoms with van der Waals surface area (Å²) in [7, 11) is 0. The van der Waals surface area contributed by atoms with Gasteiger partial charge in [0.05, 0.1) is 5.92 Å². The zero-order chi connectivity index (χ0) is 18.1. The van der Waals surface area contributed by atoms with Gasteiger partial charge in [0.15, 0.2) is 11.2 Å². The Bertz CT molecular complexity index is 908. The zero-order valence-corrected chi connectivity index (χ0v) is 14.9. The first-order valence-electron chi connectivity index (χ1n) is 8.86. The molecule has 0 bridgehead atoms. The summed E-state index contributed by atoms with van der Waals surface area (Å²) in [6.45, 7) is 6.92. The molecule has 1 aliphatic carbocycles. The summed E-state index contributed by atoms with van der Waals surface area (Å²) in [5, 5.41) is 0. The van der Waals surface area contributed by atoms with Crippen LogP contribution in [0.4, 0.5) is 0 Å². The molecule has 1 fully saturated rings. The lowest BCUT2D eigenvalue weighted by atomic mass is 10.3. The standard InChI is InChI=1S/C17H24N4O4/c1-4-6-7-21-14-13(15(22)19-17(21)24)20(5-2)12(18-14)9-25-16(23)11-8-10(11)3/h10-11H,4-9H2,1-3H3,(H,19,22,24)/t10-,11-/m1/s1. The minimum absolute atomic E-state index is 0.00593. The van der Waals surface area contributed by atoms with Crippen molar-refractivity contribution < 1.29 is 9.53 Å². The highest BCUT2D eigenvalue weighted by molar-refractivity contribution is 5.75. The van der Waals surface area contributed by atoms with Crippen LogP contribution < -0.4 is 11.2 Å². The molecule has 0 unspecified atom stereocenters. The maximum Gasteiger partial charge on any atom is 0.330 e. The fraction of sp³-hybridized carbons (Fsp3) is 0.647. The molecular formula is C17H24N4O4. The van der Waals surface area contributed by atoms with Crippen LogP contribution in [0, 0.1) is 11.8 Å². The van der Waals surface area contributed by atoms with E-state index in [0.717, 1.165) is 19.3 Å². The predicted octanol–water partition coefficient (Wildman–Crippen LogP) is 1.41. The van der Waals surface area contributed by atoms with Gasteiger partial charge in [0.2, 0.25) is 0 Å². The van der Waals surface area contributed by atoms with Crippen LogP contribution in [-0.2, 0) is 29.2 Å². The second-order valence-corrected chi connectivity index (χ2v) is 6.64. The van der Waals surface area contributed by atoms with E-state index < -0.39 is 11.2 Å². The summed E-state index contributed by atoms with van der Waals surface area (Å²) in [5.41, 5.74) is -0.212. The van der Waals surface area contributed by atoms with Gasteiger partial charge >= 0.3 is 11.7 Å². The molecule has 2 heterocycles. The van der Waals surface area contributed by atoms with Gasteiger partial charge in [-0.25, -0.2) is 9.78 Å². The number of imidazole rings is 1. The van der Waals surface area contributed by atoms with Crippen LogP contribution in [0.1, 0.15) is 45.9 Å². The Labute approximate surface area is 144 Å². The van der Waals surface area contributed by atoms with Crippen LogP contribution >= 0.6 is 0 Å². The largest absolute Gasteiger partial charge is 0.457 e. The summed E-state index contributed by atoms with van der Waals surface area (Å²) in [4.78, 5) is 43.2. The van der Waals surface area contributed by atoms with Gasteiger partial charge in [0.1, 0.15) is 12.4 Å². The van der Waals surface area contributed by atoms with E-state index in [-0.39, 0.29) is 18.5 Å². The molecule has 1 N–H and O–H groups in total. The molecule has 8 nitrogen and oxygen atoms in total. The zero-order valence-electron chi connectivity index (χ0n) is 14.9. The molecule has 2 aromatic rings. The van der Waals surface area contributed by atoms with E-state index >= 15 is 0 Å². The molecule has 2 aromatic heterocycles. The number of rotatable bonds is 7. The number of unbranched alkanes of at least 4 members (excludes halogenated alkanes) is 1. The van der Waals surface area contributed by atoms with Gasteiger partial charge in [-0.05, 0) is 25.7 Å². The molecule has 0 aromatic carbocycles. The van der Waals surface area contributed by atoms with Crippen molar-refractivity contribution in [2.75, 3.05) is 0 Å². The van der Waals surface area contributed by atoms with E-state index in [0.29, 0.717) is 36.0 Å². The molecule has 1 saturated carbocycles. The first-order valence-corrected chi connectivity index (χ1v) is 8.86. The van der Waals surface area contributed by atoms with Crippen LogP contribution in [-0.4, -0.2) is 25.1 Å². The number of H-pyrrole nitrogens is 1. The lowest BCUT2D eigenvalue weighted by molar-refractivity contribution is -0.147. The molecule has 25 heavy (non-hydrogen) atoms. The van der Waals surface area contributed by atoms with Crippen LogP contribution in [0.15, 0.2) is 9.59 Å². The van der Waals surface area contributed by atoms with Gasteiger partial charge in [-0.3, -0.25) is 19.1 Å². The summed E-state index contributed by atoms with van der Waals surface area (Å²) in [6.07, 6.45) is 2.59. The second kappa shape index (κ2) is 6.85. The van der Waals surface area contributed by atoms with Crippen LogP contribution in [0.25, 0.3) is 11.2 Å². The molecule has 2 atom stereocenters. The molecule has 0 radical (unpaired) electrons. The normalized spacial score (nSPS) is 19.3. The average molecular weight is 348 g/mol. The molecule has 8 heteroatoms. The molecule has 136 valence electrons. The maximum atomic E-state index is 12.3. The number of aryl methyl sites for hydroxylation is 2. The highest BCUT2D eigenvalue weighted by Crippen LogP contribution is 2.38. The number of carbonyl (C=O) groups excluding carboxylic acids is 1. The number of esters is 1. The number of hydrogen-bond acceptors (Lipinski definition) is 5. The van der Waals surface area contributed by atoms with Crippen molar-refractivity contribution in [3.05, 3.63) is 26.7 Å². The van der Waals surface area contributed by atoms with E-state index in [1.165, 1.54) is 4.57 Å². The van der Waals surface area contributed by atoms with E-state index in [1.807, 2.05) is 20.8 Å². The predicted molar refractivity (Wildman–Crippen MR) is 92.3 cm³/mol. The second-order valence-electron chi connectivity index (χ2n) is 6.64. The van der Waals surface area contributed by atoms with Gasteiger partial charge in [-0.1, -0.05) is 20.3 Å². The van der Waals surface area contributed by atoms with E-state index in [1.54, 1.807) is 4.57 Å². The third-order valence-electron chi connectivity index (χ3n) is 4.77. The Balaban J connectivity index is 1.98. The number of aromatic amines is 1. The summed E-state index contributed by atoms with van der Waals surface area (Å²) >= 11 is 0. The summed E-state index contributed by atoms with van der Waals surface area (Å²) < 4.78 is 8.56. The number of aromatic nitrogens is 4. The van der Waals surface area contributed by atoms with Crippen LogP contribution in [0.3, 0.4) is 0 Å². The monoisotopic (exact) mass is 348 g/mol. The molecule has 0 aliphatic heterocycles. The van der Waals surface area contributed by atoms with Gasteiger partial charge in [-0.2, -0.15) is 0 Å². The fourth-order valence-electron chi connectivity index (χ4n) is 3.09. The average Bonchev–Trinajstić information content (AvgIpc) is 3.19. The fourth-order valence-corrected chi connectivity index (χ4v) is 3.09. The molecule has 1 aliphatic rings. The first-order chi connectivity index (χ1) is 12.0. The Morgan fingerprint density at radius 1 is 1.32 bits per heavy atom. The van der Waals surface area contributed by atoms with Crippen molar-refractivity contribution in [2.45, 2.75) is 59.7 Å². The van der Waals surface area contributed by atoms with Gasteiger partial charge in [-0.15, -0.1) is 0 Å². The number of hydrogen-bond donors (Lipinski definition) is 1. The Morgan fingerprint density at radius 2 is 2.04 bits per heavy atom. The van der Waals surface area contributed by atoms with Crippen LogP contribution in [0.5, 0.6) is 0 Å². The van der Waals surface area contributed by atoms with Crippen molar-refractivity contribution in [2.24, 2.45) is 11.8 Å². The minimum atomic E-state index is -0.463. The lowest BCUT2D eigenvalue weighted by Gasteiger charge is -2.07. The number of ether oxygens (including phenoxy) is 1. The van der Waals surface area contributed by atoms with Crippen molar-refractivity contribution >= 4 is 17.1 Å². The SMILES string of the molecule is CCCCn1c(=O)[nH]c(=O)c2c1nc(COC(=O)[C@@H]1C[C@H]1C)n2CC. The Hall–Kier alpha value is -2.38. The number of nitrogens with one attached hydrogen (secondary N) is 1.